The zero-order chi connectivity index (χ0) is 31.6. The first kappa shape index (κ1) is 31.4. The van der Waals surface area contributed by atoms with E-state index in [2.05, 4.69) is 10.3 Å². The van der Waals surface area contributed by atoms with E-state index in [1.807, 2.05) is 5.32 Å². The lowest BCUT2D eigenvalue weighted by Crippen LogP contribution is -2.40. The number of ether oxygens (including phenoxy) is 2. The molecule has 1 aromatic heterocycles. The zero-order valence-electron chi connectivity index (χ0n) is 23.5. The number of hydrogen-bond acceptors (Lipinski definition) is 6. The number of aromatic nitrogens is 1. The second-order valence-corrected chi connectivity index (χ2v) is 10.9. The van der Waals surface area contributed by atoms with Crippen LogP contribution < -0.4 is 10.6 Å². The first-order chi connectivity index (χ1) is 20.8. The third-order valence-electron chi connectivity index (χ3n) is 7.89. The second kappa shape index (κ2) is 12.5. The first-order valence-electron chi connectivity index (χ1n) is 13.9. The number of hydrogen-bond donors (Lipinski definition) is 2. The van der Waals surface area contributed by atoms with Crippen molar-refractivity contribution in [2.75, 3.05) is 20.3 Å². The predicted octanol–water partition coefficient (Wildman–Crippen LogP) is 6.40. The molecule has 2 aromatic carbocycles. The number of halogens is 6. The molecule has 0 spiro atoms. The summed E-state index contributed by atoms with van der Waals surface area (Å²) in [6.07, 6.45) is -6.37. The second-order valence-electron chi connectivity index (χ2n) is 10.9. The minimum atomic E-state index is -4.69. The standard InChI is InChI=1S/C29H30F6N4O5/c1-42-15-21(39-13-22(29(33,34)35)37-26(39)40)18-11-19(30)24-20(12-18)36-25(44-24)23(17-7-9-28(31,32)10-8-17)38-27(41)43-14-16-5-3-2-4-6-16/h2-6,11-12,17,21-23H,7-10,13-15H2,1H3,(H,37,40)(H,38,41)/t21-,22+,23?/m1/s1. The minimum Gasteiger partial charge on any atom is -0.445 e. The molecule has 1 unspecified atom stereocenters. The van der Waals surface area contributed by atoms with Gasteiger partial charge in [-0.25, -0.2) is 27.7 Å². The maximum Gasteiger partial charge on any atom is 0.410 e. The largest absolute Gasteiger partial charge is 0.445 e. The van der Waals surface area contributed by atoms with Gasteiger partial charge in [0, 0.05) is 20.0 Å². The third-order valence-corrected chi connectivity index (χ3v) is 7.89. The number of rotatable bonds is 9. The molecular weight excluding hydrogens is 598 g/mol. The van der Waals surface area contributed by atoms with Crippen molar-refractivity contribution in [1.82, 2.24) is 20.5 Å². The molecule has 5 rings (SSSR count). The van der Waals surface area contributed by atoms with Crippen molar-refractivity contribution in [2.24, 2.45) is 5.92 Å². The van der Waals surface area contributed by atoms with Crippen LogP contribution in [0.4, 0.5) is 35.9 Å². The molecule has 238 valence electrons. The van der Waals surface area contributed by atoms with Gasteiger partial charge in [0.05, 0.1) is 19.2 Å². The number of amides is 3. The smallest absolute Gasteiger partial charge is 0.410 e. The van der Waals surface area contributed by atoms with Crippen molar-refractivity contribution < 1.29 is 49.8 Å². The Labute approximate surface area is 247 Å². The Balaban J connectivity index is 1.43. The number of methoxy groups -OCH3 is 1. The van der Waals surface area contributed by atoms with Crippen LogP contribution in [0.15, 0.2) is 46.9 Å². The summed E-state index contributed by atoms with van der Waals surface area (Å²) >= 11 is 0. The van der Waals surface area contributed by atoms with Crippen LogP contribution >= 0.6 is 0 Å². The van der Waals surface area contributed by atoms with Gasteiger partial charge in [-0.05, 0) is 42.0 Å². The van der Waals surface area contributed by atoms with E-state index in [9.17, 15) is 31.5 Å². The number of carbonyl (C=O) groups is 2. The van der Waals surface area contributed by atoms with Crippen molar-refractivity contribution in [1.29, 1.82) is 0 Å². The van der Waals surface area contributed by atoms with Gasteiger partial charge in [-0.15, -0.1) is 0 Å². The van der Waals surface area contributed by atoms with Gasteiger partial charge in [-0.1, -0.05) is 30.3 Å². The lowest BCUT2D eigenvalue weighted by Gasteiger charge is -2.32. The Kier molecular flexibility index (Phi) is 8.95. The Morgan fingerprint density at radius 2 is 1.91 bits per heavy atom. The van der Waals surface area contributed by atoms with E-state index in [0.29, 0.717) is 5.56 Å². The van der Waals surface area contributed by atoms with Crippen LogP contribution in [-0.2, 0) is 16.1 Å². The first-order valence-corrected chi connectivity index (χ1v) is 13.9. The maximum atomic E-state index is 15.4. The fourth-order valence-corrected chi connectivity index (χ4v) is 5.56. The molecule has 1 aliphatic carbocycles. The SMILES string of the molecule is COC[C@H](c1cc(F)c2oc(C(NC(=O)OCc3ccccc3)C3CCC(F)(F)CC3)nc2c1)N1C[C@@H](C(F)(F)F)NC1=O. The number of alkyl halides is 5. The van der Waals surface area contributed by atoms with Gasteiger partial charge in [0.25, 0.3) is 0 Å². The van der Waals surface area contributed by atoms with Crippen LogP contribution in [0.1, 0.15) is 54.8 Å². The number of fused-ring (bicyclic) bond motifs is 1. The molecular formula is C29H30F6N4O5. The molecule has 0 radical (unpaired) electrons. The summed E-state index contributed by atoms with van der Waals surface area (Å²) in [7, 11) is 1.28. The van der Waals surface area contributed by atoms with Gasteiger partial charge in [0.1, 0.15) is 24.2 Å². The van der Waals surface area contributed by atoms with Crippen molar-refractivity contribution in [2.45, 2.75) is 62.5 Å². The number of urea groups is 1. The minimum absolute atomic E-state index is 0.0173. The number of nitrogens with one attached hydrogen (secondary N) is 2. The van der Waals surface area contributed by atoms with Gasteiger partial charge in [0.2, 0.25) is 11.8 Å². The van der Waals surface area contributed by atoms with Crippen LogP contribution in [-0.4, -0.2) is 60.4 Å². The molecule has 2 N–H and O–H groups in total. The highest BCUT2D eigenvalue weighted by Gasteiger charge is 2.49. The molecule has 15 heteroatoms. The van der Waals surface area contributed by atoms with Crippen LogP contribution in [0.2, 0.25) is 0 Å². The highest BCUT2D eigenvalue weighted by molar-refractivity contribution is 5.79. The van der Waals surface area contributed by atoms with E-state index in [1.54, 1.807) is 30.3 Å². The molecule has 44 heavy (non-hydrogen) atoms. The Hall–Kier alpha value is -4.01. The number of carbonyl (C=O) groups excluding carboxylic acids is 2. The Bertz CT molecular complexity index is 1470. The van der Waals surface area contributed by atoms with Crippen molar-refractivity contribution in [3.8, 4) is 0 Å². The monoisotopic (exact) mass is 628 g/mol. The number of oxazole rings is 1. The van der Waals surface area contributed by atoms with Crippen LogP contribution in [0.5, 0.6) is 0 Å². The van der Waals surface area contributed by atoms with Gasteiger partial charge >= 0.3 is 18.3 Å². The third kappa shape index (κ3) is 7.03. The van der Waals surface area contributed by atoms with E-state index in [0.717, 1.165) is 11.0 Å². The fraction of sp³-hybridized carbons (Fsp3) is 0.483. The average molecular weight is 629 g/mol. The highest BCUT2D eigenvalue weighted by Crippen LogP contribution is 2.42. The normalized spacial score (nSPS) is 20.4. The Morgan fingerprint density at radius 1 is 1.20 bits per heavy atom. The van der Waals surface area contributed by atoms with E-state index in [4.69, 9.17) is 13.9 Å². The number of alkyl carbamates (subject to hydrolysis) is 1. The van der Waals surface area contributed by atoms with E-state index < -0.39 is 73.5 Å². The van der Waals surface area contributed by atoms with Gasteiger partial charge < -0.3 is 29.4 Å². The summed E-state index contributed by atoms with van der Waals surface area (Å²) in [6, 6.07) is 5.94. The van der Waals surface area contributed by atoms with Crippen LogP contribution in [0.25, 0.3) is 11.1 Å². The van der Waals surface area contributed by atoms with Crippen LogP contribution in [0.3, 0.4) is 0 Å². The molecule has 2 aliphatic rings. The quantitative estimate of drug-likeness (QED) is 0.266. The fourth-order valence-electron chi connectivity index (χ4n) is 5.56. The lowest BCUT2D eigenvalue weighted by molar-refractivity contribution is -0.150. The summed E-state index contributed by atoms with van der Waals surface area (Å²) in [6.45, 7) is -1.03. The summed E-state index contributed by atoms with van der Waals surface area (Å²) in [5, 5.41) is 4.51. The van der Waals surface area contributed by atoms with E-state index in [-0.39, 0.29) is 48.6 Å². The molecule has 3 aromatic rings. The molecule has 9 nitrogen and oxygen atoms in total. The van der Waals surface area contributed by atoms with Crippen LogP contribution in [0, 0.1) is 11.7 Å². The number of benzene rings is 2. The summed E-state index contributed by atoms with van der Waals surface area (Å²) in [5.41, 5.74) is 0.448. The summed E-state index contributed by atoms with van der Waals surface area (Å²) in [4.78, 5) is 30.5. The molecule has 2 fully saturated rings. The van der Waals surface area contributed by atoms with Gasteiger partial charge in [0.15, 0.2) is 11.4 Å². The molecule has 1 aliphatic heterocycles. The molecule has 0 bridgehead atoms. The molecule has 1 saturated carbocycles. The zero-order valence-corrected chi connectivity index (χ0v) is 23.5. The molecule has 1 saturated heterocycles. The Morgan fingerprint density at radius 3 is 2.55 bits per heavy atom. The highest BCUT2D eigenvalue weighted by atomic mass is 19.4. The summed E-state index contributed by atoms with van der Waals surface area (Å²) in [5.74, 6) is -4.48. The van der Waals surface area contributed by atoms with Crippen molar-refractivity contribution in [3.05, 3.63) is 65.3 Å². The van der Waals surface area contributed by atoms with Crippen molar-refractivity contribution in [3.63, 3.8) is 0 Å². The average Bonchev–Trinajstić information content (AvgIpc) is 3.58. The summed E-state index contributed by atoms with van der Waals surface area (Å²) < 4.78 is 99.4. The maximum absolute atomic E-state index is 15.4. The topological polar surface area (TPSA) is 106 Å². The number of nitrogens with zero attached hydrogens (tertiary/aromatic N) is 2. The van der Waals surface area contributed by atoms with Crippen molar-refractivity contribution >= 4 is 23.2 Å². The predicted molar refractivity (Wildman–Crippen MR) is 143 cm³/mol. The molecule has 2 heterocycles. The molecule has 3 amide bonds. The van der Waals surface area contributed by atoms with E-state index >= 15 is 4.39 Å². The van der Waals surface area contributed by atoms with E-state index in [1.165, 1.54) is 13.2 Å². The van der Waals surface area contributed by atoms with Gasteiger partial charge in [-0.2, -0.15) is 13.2 Å². The lowest BCUT2D eigenvalue weighted by atomic mass is 9.82. The molecule has 3 atom stereocenters. The van der Waals surface area contributed by atoms with Gasteiger partial charge in [-0.3, -0.25) is 0 Å².